The molecule has 9 atom stereocenters. The first kappa shape index (κ1) is 22.2. The van der Waals surface area contributed by atoms with Gasteiger partial charge in [0.1, 0.15) is 29.9 Å². The lowest BCUT2D eigenvalue weighted by atomic mass is 9.89. The molecule has 0 aromatic rings. The zero-order valence-corrected chi connectivity index (χ0v) is 17.0. The third-order valence-electron chi connectivity index (χ3n) is 5.40. The largest absolute Gasteiger partial charge is 0.388 e. The molecule has 2 aliphatic rings. The number of carbonyl (C=O) groups is 1. The molecule has 2 fully saturated rings. The molecule has 0 unspecified atom stereocenters. The van der Waals surface area contributed by atoms with E-state index in [9.17, 15) is 20.1 Å². The van der Waals surface area contributed by atoms with Crippen molar-refractivity contribution in [3.05, 3.63) is 0 Å². The third kappa shape index (κ3) is 5.04. The first-order valence-electron chi connectivity index (χ1n) is 9.20. The quantitative estimate of drug-likeness (QED) is 0.393. The van der Waals surface area contributed by atoms with Crippen LogP contribution in [0.2, 0.25) is 0 Å². The lowest BCUT2D eigenvalue weighted by molar-refractivity contribution is -0.205. The monoisotopic (exact) mass is 410 g/mol. The molecule has 1 amide bonds. The topological polar surface area (TPSA) is 111 Å². The Hall–Kier alpha value is -0.0900. The predicted octanol–water partition coefficient (Wildman–Crippen LogP) is 0.0473. The highest BCUT2D eigenvalue weighted by Gasteiger charge is 2.48. The van der Waals surface area contributed by atoms with Crippen molar-refractivity contribution >= 4 is 29.3 Å². The minimum Gasteiger partial charge on any atom is -0.388 e. The second-order valence-electron chi connectivity index (χ2n) is 7.19. The van der Waals surface area contributed by atoms with Gasteiger partial charge in [-0.2, -0.15) is 0 Å². The number of hydrogen-bond donors (Lipinski definition) is 5. The van der Waals surface area contributed by atoms with E-state index in [-0.39, 0.29) is 11.9 Å². The fraction of sp³-hybridized carbons (Fsp3) is 0.941. The van der Waals surface area contributed by atoms with E-state index in [0.29, 0.717) is 5.92 Å². The molecule has 0 aromatic carbocycles. The summed E-state index contributed by atoms with van der Waals surface area (Å²) in [7, 11) is 0. The highest BCUT2D eigenvalue weighted by atomic mass is 35.5. The van der Waals surface area contributed by atoms with Crippen molar-refractivity contribution in [3.63, 3.8) is 0 Å². The minimum absolute atomic E-state index is 0.183. The number of aliphatic hydroxyl groups excluding tert-OH is 3. The van der Waals surface area contributed by atoms with Crippen LogP contribution in [0.4, 0.5) is 0 Å². The van der Waals surface area contributed by atoms with Gasteiger partial charge in [0.15, 0.2) is 0 Å². The Labute approximate surface area is 164 Å². The highest BCUT2D eigenvalue weighted by molar-refractivity contribution is 7.99. The number of halogens is 1. The molecule has 2 aliphatic heterocycles. The zero-order chi connectivity index (χ0) is 19.4. The molecular formula is C17H31ClN2O5S. The SMILES string of the molecule is CC[C@H]1CCN[C@@H](C(=O)N[C@@H]([C@H]2O[C@H](SC)[C@H](O)[C@@H](O)[C@H]2O)[C@H](C)Cl)C1. The van der Waals surface area contributed by atoms with Crippen molar-refractivity contribution in [1.82, 2.24) is 10.6 Å². The third-order valence-corrected chi connectivity index (χ3v) is 6.53. The van der Waals surface area contributed by atoms with Gasteiger partial charge in [0.2, 0.25) is 5.91 Å². The fourth-order valence-electron chi connectivity index (χ4n) is 3.66. The van der Waals surface area contributed by atoms with E-state index in [0.717, 1.165) is 25.8 Å². The Morgan fingerprint density at radius 3 is 2.62 bits per heavy atom. The lowest BCUT2D eigenvalue weighted by Gasteiger charge is -2.44. The van der Waals surface area contributed by atoms with Crippen molar-refractivity contribution in [2.45, 2.75) is 80.4 Å². The normalized spacial score (nSPS) is 40.7. The molecular weight excluding hydrogens is 380 g/mol. The second-order valence-corrected chi connectivity index (χ2v) is 8.82. The van der Waals surface area contributed by atoms with Crippen molar-refractivity contribution in [2.24, 2.45) is 5.92 Å². The molecule has 7 nitrogen and oxygen atoms in total. The van der Waals surface area contributed by atoms with Crippen molar-refractivity contribution in [2.75, 3.05) is 12.8 Å². The number of nitrogens with one attached hydrogen (secondary N) is 2. The van der Waals surface area contributed by atoms with Crippen molar-refractivity contribution < 1.29 is 24.9 Å². The lowest BCUT2D eigenvalue weighted by Crippen LogP contribution is -2.65. The van der Waals surface area contributed by atoms with Crippen LogP contribution in [-0.4, -0.2) is 81.3 Å². The predicted molar refractivity (Wildman–Crippen MR) is 102 cm³/mol. The Bertz CT molecular complexity index is 470. The number of amides is 1. The first-order valence-corrected chi connectivity index (χ1v) is 10.9. The number of thioether (sulfide) groups is 1. The van der Waals surface area contributed by atoms with E-state index in [1.807, 2.05) is 0 Å². The van der Waals surface area contributed by atoms with Gasteiger partial charge in [-0.25, -0.2) is 0 Å². The molecule has 2 heterocycles. The van der Waals surface area contributed by atoms with Gasteiger partial charge in [-0.05, 0) is 38.5 Å². The summed E-state index contributed by atoms with van der Waals surface area (Å²) in [5.41, 5.74) is -0.703. The van der Waals surface area contributed by atoms with Crippen LogP contribution in [0.1, 0.15) is 33.1 Å². The summed E-state index contributed by atoms with van der Waals surface area (Å²) in [6.07, 6.45) is -0.236. The Morgan fingerprint density at radius 2 is 2.04 bits per heavy atom. The number of aliphatic hydroxyl groups is 3. The molecule has 2 rings (SSSR count). The van der Waals surface area contributed by atoms with E-state index >= 15 is 0 Å². The number of ether oxygens (including phenoxy) is 1. The molecule has 26 heavy (non-hydrogen) atoms. The number of carbonyl (C=O) groups excluding carboxylic acids is 1. The first-order chi connectivity index (χ1) is 12.3. The molecule has 0 radical (unpaired) electrons. The summed E-state index contributed by atoms with van der Waals surface area (Å²) < 4.78 is 5.77. The van der Waals surface area contributed by atoms with Crippen LogP contribution in [0.5, 0.6) is 0 Å². The van der Waals surface area contributed by atoms with E-state index in [1.165, 1.54) is 11.8 Å². The van der Waals surface area contributed by atoms with Crippen LogP contribution >= 0.6 is 23.4 Å². The van der Waals surface area contributed by atoms with E-state index in [2.05, 4.69) is 17.6 Å². The summed E-state index contributed by atoms with van der Waals surface area (Å²) >= 11 is 7.51. The number of piperidine rings is 1. The average Bonchev–Trinajstić information content (AvgIpc) is 2.64. The van der Waals surface area contributed by atoms with Gasteiger partial charge in [-0.1, -0.05) is 13.3 Å². The van der Waals surface area contributed by atoms with Crippen molar-refractivity contribution in [1.29, 1.82) is 0 Å². The van der Waals surface area contributed by atoms with Gasteiger partial charge >= 0.3 is 0 Å². The highest BCUT2D eigenvalue weighted by Crippen LogP contribution is 2.30. The zero-order valence-electron chi connectivity index (χ0n) is 15.5. The minimum atomic E-state index is -1.36. The molecule has 0 spiro atoms. The Kier molecular flexibility index (Phi) is 8.46. The van der Waals surface area contributed by atoms with Crippen LogP contribution in [0.25, 0.3) is 0 Å². The standard InChI is InChI=1S/C17H31ClN2O5S/c1-4-9-5-6-19-10(7-9)16(24)20-11(8(2)18)15-13(22)12(21)14(23)17(25-15)26-3/h8-15,17,19,21-23H,4-7H2,1-3H3,(H,20,24)/t8-,9-,10+,11+,12-,13+,14+,15+,17+/m0/s1. The number of hydrogen-bond acceptors (Lipinski definition) is 7. The summed E-state index contributed by atoms with van der Waals surface area (Å²) in [4.78, 5) is 12.7. The van der Waals surface area contributed by atoms with Crippen LogP contribution < -0.4 is 10.6 Å². The summed E-state index contributed by atoms with van der Waals surface area (Å²) in [6.45, 7) is 4.62. The Balaban J connectivity index is 2.09. The average molecular weight is 411 g/mol. The van der Waals surface area contributed by atoms with Gasteiger partial charge in [-0.3, -0.25) is 4.79 Å². The number of rotatable bonds is 6. The van der Waals surface area contributed by atoms with Gasteiger partial charge < -0.3 is 30.7 Å². The molecule has 0 saturated carbocycles. The molecule has 0 bridgehead atoms. The van der Waals surface area contributed by atoms with Gasteiger partial charge in [-0.15, -0.1) is 23.4 Å². The van der Waals surface area contributed by atoms with E-state index in [1.54, 1.807) is 13.2 Å². The van der Waals surface area contributed by atoms with Gasteiger partial charge in [0.25, 0.3) is 0 Å². The molecule has 152 valence electrons. The van der Waals surface area contributed by atoms with Crippen LogP contribution in [0, 0.1) is 5.92 Å². The summed E-state index contributed by atoms with van der Waals surface area (Å²) in [6, 6.07) is -1.00. The van der Waals surface area contributed by atoms with Gasteiger partial charge in [0.05, 0.1) is 17.5 Å². The molecule has 2 saturated heterocycles. The van der Waals surface area contributed by atoms with Gasteiger partial charge in [0, 0.05) is 0 Å². The smallest absolute Gasteiger partial charge is 0.237 e. The second kappa shape index (κ2) is 9.91. The summed E-state index contributed by atoms with van der Waals surface area (Å²) in [5, 5.41) is 36.1. The maximum absolute atomic E-state index is 12.7. The van der Waals surface area contributed by atoms with Crippen LogP contribution in [0.15, 0.2) is 0 Å². The van der Waals surface area contributed by atoms with E-state index < -0.39 is 41.3 Å². The van der Waals surface area contributed by atoms with Crippen molar-refractivity contribution in [3.8, 4) is 0 Å². The van der Waals surface area contributed by atoms with Crippen LogP contribution in [-0.2, 0) is 9.53 Å². The fourth-order valence-corrected chi connectivity index (χ4v) is 4.54. The maximum atomic E-state index is 12.7. The summed E-state index contributed by atoms with van der Waals surface area (Å²) in [5.74, 6) is 0.325. The molecule has 9 heteroatoms. The van der Waals surface area contributed by atoms with E-state index in [4.69, 9.17) is 16.3 Å². The maximum Gasteiger partial charge on any atom is 0.237 e. The molecule has 0 aromatic heterocycles. The Morgan fingerprint density at radius 1 is 1.35 bits per heavy atom. The van der Waals surface area contributed by atoms with Crippen LogP contribution in [0.3, 0.4) is 0 Å². The molecule has 5 N–H and O–H groups in total. The molecule has 0 aliphatic carbocycles. The number of alkyl halides is 1.